The zero-order chi connectivity index (χ0) is 19.8. The molecule has 3 unspecified atom stereocenters. The van der Waals surface area contributed by atoms with Gasteiger partial charge in [-0.05, 0) is 19.4 Å². The summed E-state index contributed by atoms with van der Waals surface area (Å²) in [5.41, 5.74) is -0.487. The molecule has 1 aliphatic heterocycles. The van der Waals surface area contributed by atoms with Crippen LogP contribution in [0.15, 0.2) is 35.1 Å². The molecule has 3 atom stereocenters. The van der Waals surface area contributed by atoms with Crippen LogP contribution in [0.1, 0.15) is 36.9 Å². The summed E-state index contributed by atoms with van der Waals surface area (Å²) in [6.45, 7) is 3.42. The molecule has 0 radical (unpaired) electrons. The second-order valence-electron chi connectivity index (χ2n) is 6.99. The molecule has 0 aliphatic carbocycles. The number of ether oxygens (including phenoxy) is 1. The summed E-state index contributed by atoms with van der Waals surface area (Å²) < 4.78 is 5.85. The zero-order valence-electron chi connectivity index (χ0n) is 14.9. The van der Waals surface area contributed by atoms with Crippen molar-refractivity contribution in [3.05, 3.63) is 56.6 Å². The maximum absolute atomic E-state index is 11.7. The van der Waals surface area contributed by atoms with E-state index in [1.807, 2.05) is 6.07 Å². The summed E-state index contributed by atoms with van der Waals surface area (Å²) >= 11 is 5.23. The fourth-order valence-corrected chi connectivity index (χ4v) is 3.52. The van der Waals surface area contributed by atoms with Gasteiger partial charge in [0.1, 0.15) is 16.3 Å². The number of hydrogen-bond acceptors (Lipinski definition) is 6. The highest BCUT2D eigenvalue weighted by atomic mass is 32.1. The van der Waals surface area contributed by atoms with Crippen molar-refractivity contribution in [1.82, 2.24) is 15.3 Å². The molecule has 8 nitrogen and oxygen atoms in total. The molecule has 0 amide bonds. The van der Waals surface area contributed by atoms with Crippen LogP contribution in [0.25, 0.3) is 0 Å². The number of carboxylic acids is 1. The maximum Gasteiger partial charge on any atom is 0.326 e. The Kier molecular flexibility index (Phi) is 5.18. The van der Waals surface area contributed by atoms with E-state index in [0.717, 1.165) is 0 Å². The van der Waals surface area contributed by atoms with Crippen molar-refractivity contribution in [2.45, 2.75) is 37.5 Å². The fourth-order valence-electron chi connectivity index (χ4n) is 3.21. The van der Waals surface area contributed by atoms with Gasteiger partial charge in [-0.15, -0.1) is 0 Å². The molecule has 0 saturated carbocycles. The molecule has 144 valence electrons. The van der Waals surface area contributed by atoms with Crippen LogP contribution in [0.3, 0.4) is 0 Å². The third kappa shape index (κ3) is 3.80. The first kappa shape index (κ1) is 19.3. The van der Waals surface area contributed by atoms with Crippen molar-refractivity contribution in [3.63, 3.8) is 0 Å². The lowest BCUT2D eigenvalue weighted by molar-refractivity contribution is -0.138. The lowest BCUT2D eigenvalue weighted by atomic mass is 9.87. The lowest BCUT2D eigenvalue weighted by Gasteiger charge is -2.41. The summed E-state index contributed by atoms with van der Waals surface area (Å²) in [5.74, 6) is -1.63. The van der Waals surface area contributed by atoms with Crippen LogP contribution >= 0.6 is 12.2 Å². The number of aliphatic carboxylic acids is 1. The number of benzene rings is 1. The summed E-state index contributed by atoms with van der Waals surface area (Å²) in [6.07, 6.45) is -1.02. The highest BCUT2D eigenvalue weighted by Gasteiger charge is 2.44. The molecular weight excluding hydrogens is 370 g/mol. The second kappa shape index (κ2) is 7.26. The Morgan fingerprint density at radius 2 is 2.00 bits per heavy atom. The molecule has 3 rings (SSSR count). The average Bonchev–Trinajstić information content (AvgIpc) is 2.58. The minimum absolute atomic E-state index is 0.0600. The van der Waals surface area contributed by atoms with Gasteiger partial charge in [-0.25, -0.2) is 4.79 Å². The zero-order valence-corrected chi connectivity index (χ0v) is 15.7. The predicted molar refractivity (Wildman–Crippen MR) is 101 cm³/mol. The van der Waals surface area contributed by atoms with Crippen LogP contribution in [-0.4, -0.2) is 44.4 Å². The van der Waals surface area contributed by atoms with Crippen LogP contribution in [0.2, 0.25) is 0 Å². The van der Waals surface area contributed by atoms with Gasteiger partial charge in [0, 0.05) is 6.54 Å². The molecule has 0 fully saturated rings. The molecule has 2 heterocycles. The Labute approximate surface area is 160 Å². The van der Waals surface area contributed by atoms with E-state index in [9.17, 15) is 19.8 Å². The fraction of sp³-hybridized carbons (Fsp3) is 0.389. The van der Waals surface area contributed by atoms with Crippen LogP contribution in [0.5, 0.6) is 5.88 Å². The maximum atomic E-state index is 11.7. The number of aromatic nitrogens is 2. The number of H-pyrrole nitrogens is 2. The normalized spacial score (nSPS) is 21.7. The molecule has 2 aromatic rings. The van der Waals surface area contributed by atoms with E-state index >= 15 is 0 Å². The number of aliphatic hydroxyl groups is 1. The molecule has 1 aromatic heterocycles. The van der Waals surface area contributed by atoms with Crippen LogP contribution in [0, 0.1) is 4.64 Å². The van der Waals surface area contributed by atoms with Crippen molar-refractivity contribution >= 4 is 18.2 Å². The highest BCUT2D eigenvalue weighted by molar-refractivity contribution is 7.71. The molecule has 0 spiro atoms. The quantitative estimate of drug-likeness (QED) is 0.488. The van der Waals surface area contributed by atoms with E-state index < -0.39 is 35.3 Å². The Balaban J connectivity index is 1.95. The topological polar surface area (TPSA) is 127 Å². The second-order valence-corrected chi connectivity index (χ2v) is 7.40. The monoisotopic (exact) mass is 391 g/mol. The standard InChI is InChI=1S/C18H21N3O5S/c1-18(2)13(22)12(11-14(26-18)20-17(25)21-15(11)27)19-8-10(16(23)24)9-6-4-3-5-7-9/h3-7,10,12-13,19,22H,8H2,1-2H3,(H,23,24)(H2,20,21,25,27). The van der Waals surface area contributed by atoms with Gasteiger partial charge in [0.05, 0.1) is 17.5 Å². The Morgan fingerprint density at radius 3 is 2.63 bits per heavy atom. The van der Waals surface area contributed by atoms with Crippen molar-refractivity contribution in [2.24, 2.45) is 0 Å². The average molecular weight is 391 g/mol. The number of aromatic amines is 2. The van der Waals surface area contributed by atoms with Crippen LogP contribution in [0.4, 0.5) is 0 Å². The van der Waals surface area contributed by atoms with E-state index in [1.54, 1.807) is 38.1 Å². The minimum Gasteiger partial charge on any atom is -0.481 e. The van der Waals surface area contributed by atoms with Gasteiger partial charge in [-0.3, -0.25) is 14.8 Å². The first-order valence-electron chi connectivity index (χ1n) is 8.45. The van der Waals surface area contributed by atoms with Gasteiger partial charge in [-0.1, -0.05) is 42.5 Å². The third-order valence-corrected chi connectivity index (χ3v) is 5.01. The predicted octanol–water partition coefficient (Wildman–Crippen LogP) is 1.46. The minimum atomic E-state index is -1.02. The summed E-state index contributed by atoms with van der Waals surface area (Å²) in [7, 11) is 0. The third-order valence-electron chi connectivity index (χ3n) is 4.69. The summed E-state index contributed by atoms with van der Waals surface area (Å²) in [4.78, 5) is 28.4. The van der Waals surface area contributed by atoms with Gasteiger partial charge >= 0.3 is 11.7 Å². The van der Waals surface area contributed by atoms with Crippen LogP contribution < -0.4 is 15.7 Å². The number of aliphatic hydroxyl groups excluding tert-OH is 1. The van der Waals surface area contributed by atoms with Crippen molar-refractivity contribution in [2.75, 3.05) is 6.54 Å². The van der Waals surface area contributed by atoms with Gasteiger partial charge < -0.3 is 20.3 Å². The number of nitrogens with one attached hydrogen (secondary N) is 3. The van der Waals surface area contributed by atoms with Gasteiger partial charge in [0.2, 0.25) is 5.88 Å². The lowest BCUT2D eigenvalue weighted by Crippen LogP contribution is -2.54. The number of carbonyl (C=O) groups is 1. The SMILES string of the molecule is CC1(C)Oc2[nH]c(=O)[nH]c(=S)c2C(NCC(C(=O)O)c2ccccc2)C1O. The van der Waals surface area contributed by atoms with E-state index in [2.05, 4.69) is 15.3 Å². The summed E-state index contributed by atoms with van der Waals surface area (Å²) in [6, 6.07) is 8.12. The van der Waals surface area contributed by atoms with Crippen molar-refractivity contribution < 1.29 is 19.7 Å². The molecular formula is C18H21N3O5S. The smallest absolute Gasteiger partial charge is 0.326 e. The number of carboxylic acid groups (broad SMARTS) is 1. The molecule has 5 N–H and O–H groups in total. The van der Waals surface area contributed by atoms with E-state index in [-0.39, 0.29) is 17.1 Å². The molecule has 0 bridgehead atoms. The molecule has 9 heteroatoms. The molecule has 0 saturated heterocycles. The number of rotatable bonds is 5. The number of fused-ring (bicyclic) bond motifs is 1. The molecule has 1 aromatic carbocycles. The first-order chi connectivity index (χ1) is 12.7. The van der Waals surface area contributed by atoms with Crippen molar-refractivity contribution in [3.8, 4) is 5.88 Å². The highest BCUT2D eigenvalue weighted by Crippen LogP contribution is 2.38. The Morgan fingerprint density at radius 1 is 1.33 bits per heavy atom. The van der Waals surface area contributed by atoms with E-state index in [4.69, 9.17) is 17.0 Å². The molecule has 27 heavy (non-hydrogen) atoms. The largest absolute Gasteiger partial charge is 0.481 e. The van der Waals surface area contributed by atoms with Crippen molar-refractivity contribution in [1.29, 1.82) is 0 Å². The van der Waals surface area contributed by atoms with Crippen LogP contribution in [-0.2, 0) is 4.79 Å². The van der Waals surface area contributed by atoms with Gasteiger partial charge in [0.15, 0.2) is 0 Å². The van der Waals surface area contributed by atoms with E-state index in [1.165, 1.54) is 0 Å². The summed E-state index contributed by atoms with van der Waals surface area (Å²) in [5, 5.41) is 23.5. The van der Waals surface area contributed by atoms with Gasteiger partial charge in [0.25, 0.3) is 0 Å². The number of hydrogen-bond donors (Lipinski definition) is 5. The van der Waals surface area contributed by atoms with E-state index in [0.29, 0.717) is 11.1 Å². The Bertz CT molecular complexity index is 953. The Hall–Kier alpha value is -2.49. The first-order valence-corrected chi connectivity index (χ1v) is 8.86. The molecule has 1 aliphatic rings. The van der Waals surface area contributed by atoms with Gasteiger partial charge in [-0.2, -0.15) is 0 Å².